The molecule has 1 saturated heterocycles. The predicted octanol–water partition coefficient (Wildman–Crippen LogP) is 2.35. The summed E-state index contributed by atoms with van der Waals surface area (Å²) in [6, 6.07) is 6.28. The van der Waals surface area contributed by atoms with Crippen molar-refractivity contribution >= 4 is 17.2 Å². The number of H-pyrrole nitrogens is 1. The van der Waals surface area contributed by atoms with Crippen LogP contribution in [0.3, 0.4) is 0 Å². The highest BCUT2D eigenvalue weighted by atomic mass is 32.1. The van der Waals surface area contributed by atoms with Gasteiger partial charge in [-0.1, -0.05) is 13.0 Å². The van der Waals surface area contributed by atoms with Crippen molar-refractivity contribution in [1.29, 1.82) is 0 Å². The number of nitrogens with zero attached hydrogens (tertiary/aromatic N) is 2. The lowest BCUT2D eigenvalue weighted by atomic mass is 10.2. The molecular weight excluding hydrogens is 284 g/mol. The van der Waals surface area contributed by atoms with Gasteiger partial charge in [-0.25, -0.2) is 0 Å². The van der Waals surface area contributed by atoms with Crippen LogP contribution in [0.2, 0.25) is 0 Å². The van der Waals surface area contributed by atoms with Gasteiger partial charge in [-0.15, -0.1) is 11.3 Å². The first-order chi connectivity index (χ1) is 10.3. The molecular formula is C15H20N4OS. The summed E-state index contributed by atoms with van der Waals surface area (Å²) >= 11 is 1.63. The molecule has 21 heavy (non-hydrogen) atoms. The molecule has 0 radical (unpaired) electrons. The van der Waals surface area contributed by atoms with Gasteiger partial charge in [-0.2, -0.15) is 5.10 Å². The number of aromatic nitrogens is 2. The normalized spacial score (nSPS) is 19.0. The van der Waals surface area contributed by atoms with Crippen LogP contribution in [0.4, 0.5) is 0 Å². The summed E-state index contributed by atoms with van der Waals surface area (Å²) in [7, 11) is 0. The Balaban J connectivity index is 1.58. The van der Waals surface area contributed by atoms with Crippen molar-refractivity contribution < 1.29 is 4.79 Å². The molecule has 0 bridgehead atoms. The van der Waals surface area contributed by atoms with Gasteiger partial charge in [0.15, 0.2) is 5.69 Å². The van der Waals surface area contributed by atoms with Crippen LogP contribution >= 0.6 is 11.3 Å². The summed E-state index contributed by atoms with van der Waals surface area (Å²) in [5, 5.41) is 12.1. The highest BCUT2D eigenvalue weighted by molar-refractivity contribution is 7.13. The van der Waals surface area contributed by atoms with E-state index in [-0.39, 0.29) is 5.91 Å². The molecule has 1 atom stereocenters. The van der Waals surface area contributed by atoms with E-state index < -0.39 is 0 Å². The van der Waals surface area contributed by atoms with Crippen LogP contribution in [0.15, 0.2) is 23.6 Å². The molecule has 1 aliphatic heterocycles. The lowest BCUT2D eigenvalue weighted by Gasteiger charge is -2.22. The van der Waals surface area contributed by atoms with E-state index in [4.69, 9.17) is 0 Å². The van der Waals surface area contributed by atoms with Crippen LogP contribution < -0.4 is 5.32 Å². The van der Waals surface area contributed by atoms with Crippen molar-refractivity contribution in [2.75, 3.05) is 19.6 Å². The minimum absolute atomic E-state index is 0.1000. The van der Waals surface area contributed by atoms with Gasteiger partial charge in [-0.05, 0) is 43.4 Å². The van der Waals surface area contributed by atoms with Crippen molar-refractivity contribution in [3.05, 3.63) is 29.3 Å². The van der Waals surface area contributed by atoms with E-state index in [9.17, 15) is 4.79 Å². The maximum absolute atomic E-state index is 12.2. The molecule has 5 nitrogen and oxygen atoms in total. The number of carbonyl (C=O) groups is 1. The third-order valence-corrected chi connectivity index (χ3v) is 4.90. The summed E-state index contributed by atoms with van der Waals surface area (Å²) in [5.41, 5.74) is 1.35. The molecule has 1 fully saturated rings. The summed E-state index contributed by atoms with van der Waals surface area (Å²) in [5.74, 6) is -0.1000. The fourth-order valence-electron chi connectivity index (χ4n) is 2.84. The Morgan fingerprint density at radius 1 is 1.62 bits per heavy atom. The highest BCUT2D eigenvalue weighted by Gasteiger charge is 2.23. The number of aromatic amines is 1. The van der Waals surface area contributed by atoms with Crippen LogP contribution in [0.25, 0.3) is 10.6 Å². The average Bonchev–Trinajstić information content (AvgIpc) is 3.24. The Hall–Kier alpha value is -1.66. The number of likely N-dealkylation sites (tertiary alicyclic amines) is 1. The lowest BCUT2D eigenvalue weighted by molar-refractivity contribution is 0.0936. The molecule has 112 valence electrons. The molecule has 0 aromatic carbocycles. The lowest BCUT2D eigenvalue weighted by Crippen LogP contribution is -2.40. The molecule has 3 rings (SSSR count). The van der Waals surface area contributed by atoms with Crippen molar-refractivity contribution in [3.63, 3.8) is 0 Å². The summed E-state index contributed by atoms with van der Waals surface area (Å²) in [4.78, 5) is 15.7. The van der Waals surface area contributed by atoms with E-state index in [0.29, 0.717) is 18.3 Å². The Kier molecular flexibility index (Phi) is 4.36. The molecule has 0 spiro atoms. The summed E-state index contributed by atoms with van der Waals surface area (Å²) < 4.78 is 0. The quantitative estimate of drug-likeness (QED) is 0.891. The van der Waals surface area contributed by atoms with E-state index >= 15 is 0 Å². The monoisotopic (exact) mass is 304 g/mol. The van der Waals surface area contributed by atoms with Gasteiger partial charge >= 0.3 is 0 Å². The van der Waals surface area contributed by atoms with Gasteiger partial charge in [0.1, 0.15) is 0 Å². The third kappa shape index (κ3) is 3.16. The largest absolute Gasteiger partial charge is 0.349 e. The molecule has 6 heteroatoms. The number of carbonyl (C=O) groups excluding carboxylic acids is 1. The second-order valence-electron chi connectivity index (χ2n) is 5.28. The van der Waals surface area contributed by atoms with Crippen LogP contribution in [0, 0.1) is 0 Å². The standard InChI is InChI=1S/C15H20N4OS/c1-2-19-7-3-5-11(19)10-16-15(20)13-9-12(17-18-13)14-6-4-8-21-14/h4,6,8-9,11H,2-3,5,7,10H2,1H3,(H,16,20)(H,17,18). The van der Waals surface area contributed by atoms with Crippen LogP contribution in [0.1, 0.15) is 30.3 Å². The zero-order valence-corrected chi connectivity index (χ0v) is 12.9. The summed E-state index contributed by atoms with van der Waals surface area (Å²) in [6.45, 7) is 5.06. The van der Waals surface area contributed by atoms with Crippen molar-refractivity contribution in [2.24, 2.45) is 0 Å². The van der Waals surface area contributed by atoms with Crippen LogP contribution in [-0.4, -0.2) is 46.7 Å². The van der Waals surface area contributed by atoms with Crippen molar-refractivity contribution in [3.8, 4) is 10.6 Å². The maximum atomic E-state index is 12.2. The molecule has 3 heterocycles. The van der Waals surface area contributed by atoms with Gasteiger partial charge in [0.05, 0.1) is 10.6 Å². The molecule has 2 aromatic rings. The van der Waals surface area contributed by atoms with E-state index in [0.717, 1.165) is 30.1 Å². The molecule has 1 unspecified atom stereocenters. The van der Waals surface area contributed by atoms with Crippen molar-refractivity contribution in [2.45, 2.75) is 25.8 Å². The van der Waals surface area contributed by atoms with Crippen LogP contribution in [0.5, 0.6) is 0 Å². The smallest absolute Gasteiger partial charge is 0.271 e. The fourth-order valence-corrected chi connectivity index (χ4v) is 3.53. The number of hydrogen-bond acceptors (Lipinski definition) is 4. The van der Waals surface area contributed by atoms with Gasteiger partial charge < -0.3 is 5.32 Å². The molecule has 1 aliphatic rings. The third-order valence-electron chi connectivity index (χ3n) is 4.00. The number of hydrogen-bond donors (Lipinski definition) is 2. The Morgan fingerprint density at radius 2 is 2.52 bits per heavy atom. The number of thiophene rings is 1. The van der Waals surface area contributed by atoms with Gasteiger partial charge in [0.25, 0.3) is 5.91 Å². The van der Waals surface area contributed by atoms with E-state index in [1.807, 2.05) is 23.6 Å². The highest BCUT2D eigenvalue weighted by Crippen LogP contribution is 2.23. The van der Waals surface area contributed by atoms with Gasteiger partial charge in [-0.3, -0.25) is 14.8 Å². The van der Waals surface area contributed by atoms with Crippen LogP contribution in [-0.2, 0) is 0 Å². The number of likely N-dealkylation sites (N-methyl/N-ethyl adjacent to an activating group) is 1. The van der Waals surface area contributed by atoms with E-state index in [1.54, 1.807) is 11.3 Å². The maximum Gasteiger partial charge on any atom is 0.271 e. The van der Waals surface area contributed by atoms with Gasteiger partial charge in [0.2, 0.25) is 0 Å². The van der Waals surface area contributed by atoms with Crippen molar-refractivity contribution in [1.82, 2.24) is 20.4 Å². The second kappa shape index (κ2) is 6.41. The molecule has 1 amide bonds. The first kappa shape index (κ1) is 14.3. The Labute approximate surface area is 128 Å². The number of rotatable bonds is 5. The minimum Gasteiger partial charge on any atom is -0.349 e. The first-order valence-electron chi connectivity index (χ1n) is 7.39. The van der Waals surface area contributed by atoms with E-state index in [2.05, 4.69) is 27.3 Å². The zero-order valence-electron chi connectivity index (χ0n) is 12.1. The molecule has 0 saturated carbocycles. The molecule has 0 aliphatic carbocycles. The predicted molar refractivity (Wildman–Crippen MR) is 84.5 cm³/mol. The van der Waals surface area contributed by atoms with E-state index in [1.165, 1.54) is 6.42 Å². The second-order valence-corrected chi connectivity index (χ2v) is 6.23. The fraction of sp³-hybridized carbons (Fsp3) is 0.467. The SMILES string of the molecule is CCN1CCCC1CNC(=O)c1cc(-c2cccs2)[nH]n1. The topological polar surface area (TPSA) is 61.0 Å². The Morgan fingerprint density at radius 3 is 3.29 bits per heavy atom. The summed E-state index contributed by atoms with van der Waals surface area (Å²) in [6.07, 6.45) is 2.38. The zero-order chi connectivity index (χ0) is 14.7. The Bertz CT molecular complexity index is 593. The number of nitrogens with one attached hydrogen (secondary N) is 2. The average molecular weight is 304 g/mol. The number of amides is 1. The first-order valence-corrected chi connectivity index (χ1v) is 8.27. The molecule has 2 N–H and O–H groups in total. The molecule has 2 aromatic heterocycles. The minimum atomic E-state index is -0.1000. The van der Waals surface area contributed by atoms with Gasteiger partial charge in [0, 0.05) is 12.6 Å².